The van der Waals surface area contributed by atoms with E-state index in [-0.39, 0.29) is 25.3 Å². The van der Waals surface area contributed by atoms with Crippen LogP contribution in [0.15, 0.2) is 4.99 Å². The van der Waals surface area contributed by atoms with Crippen molar-refractivity contribution in [3.63, 3.8) is 0 Å². The second-order valence-electron chi connectivity index (χ2n) is 7.71. The van der Waals surface area contributed by atoms with Crippen LogP contribution >= 0.6 is 0 Å². The van der Waals surface area contributed by atoms with Crippen LogP contribution in [0.4, 0.5) is 0 Å². The van der Waals surface area contributed by atoms with E-state index in [1.165, 1.54) is 6.92 Å². The lowest BCUT2D eigenvalue weighted by Gasteiger charge is -2.26. The van der Waals surface area contributed by atoms with Gasteiger partial charge < -0.3 is 54.2 Å². The van der Waals surface area contributed by atoms with E-state index in [1.54, 1.807) is 0 Å². The molecule has 15 nitrogen and oxygen atoms in total. The molecule has 196 valence electrons. The number of nitrogens with zero attached hydrogens (tertiary/aromatic N) is 1. The molecule has 0 spiro atoms. The normalized spacial score (nSPS) is 15.2. The van der Waals surface area contributed by atoms with Gasteiger partial charge in [0.2, 0.25) is 17.7 Å². The summed E-state index contributed by atoms with van der Waals surface area (Å²) in [5.74, 6) is -4.09. The van der Waals surface area contributed by atoms with Crippen LogP contribution in [0.5, 0.6) is 0 Å². The molecule has 0 aromatic heterocycles. The summed E-state index contributed by atoms with van der Waals surface area (Å²) in [6.45, 7) is 0.930. The lowest BCUT2D eigenvalue weighted by molar-refractivity contribution is -0.144. The number of nitrogens with two attached hydrogens (primary N) is 4. The van der Waals surface area contributed by atoms with E-state index in [9.17, 15) is 24.3 Å². The minimum atomic E-state index is -1.63. The predicted octanol–water partition coefficient (Wildman–Crippen LogP) is -4.59. The molecule has 0 aliphatic rings. The quantitative estimate of drug-likeness (QED) is 0.0525. The highest BCUT2D eigenvalue weighted by atomic mass is 16.4. The van der Waals surface area contributed by atoms with Crippen LogP contribution in [-0.4, -0.2) is 94.9 Å². The molecule has 0 aliphatic heterocycles. The van der Waals surface area contributed by atoms with Gasteiger partial charge in [-0.3, -0.25) is 19.4 Å². The first kappa shape index (κ1) is 31.0. The van der Waals surface area contributed by atoms with Crippen molar-refractivity contribution in [2.24, 2.45) is 27.9 Å². The summed E-state index contributed by atoms with van der Waals surface area (Å²) in [4.78, 5) is 52.6. The molecule has 0 saturated carbocycles. The van der Waals surface area contributed by atoms with Crippen LogP contribution in [0.3, 0.4) is 0 Å². The van der Waals surface area contributed by atoms with Crippen molar-refractivity contribution in [3.05, 3.63) is 0 Å². The van der Waals surface area contributed by atoms with E-state index in [1.807, 2.05) is 5.32 Å². The third-order valence-electron chi connectivity index (χ3n) is 4.74. The van der Waals surface area contributed by atoms with Gasteiger partial charge in [0.05, 0.1) is 18.8 Å². The summed E-state index contributed by atoms with van der Waals surface area (Å²) in [5, 5.41) is 34.9. The number of aliphatic hydroxyl groups is 2. The Kier molecular flexibility index (Phi) is 15.1. The highest BCUT2D eigenvalue weighted by Crippen LogP contribution is 2.05. The van der Waals surface area contributed by atoms with Crippen molar-refractivity contribution < 1.29 is 34.5 Å². The summed E-state index contributed by atoms with van der Waals surface area (Å²) in [6, 6.07) is -5.23. The first-order valence-corrected chi connectivity index (χ1v) is 10.9. The first-order valence-electron chi connectivity index (χ1n) is 10.9. The van der Waals surface area contributed by atoms with Crippen molar-refractivity contribution in [3.8, 4) is 0 Å². The van der Waals surface area contributed by atoms with Crippen LogP contribution in [0.25, 0.3) is 0 Å². The maximum atomic E-state index is 12.9. The molecule has 0 aromatic carbocycles. The Labute approximate surface area is 197 Å². The number of hydrogen-bond acceptors (Lipinski definition) is 9. The molecular formula is C19H38N8O7. The van der Waals surface area contributed by atoms with Gasteiger partial charge >= 0.3 is 5.97 Å². The summed E-state index contributed by atoms with van der Waals surface area (Å²) >= 11 is 0. The molecule has 5 atom stereocenters. The molecule has 0 rings (SSSR count). The lowest BCUT2D eigenvalue weighted by Crippen LogP contribution is -2.60. The number of nitrogens with one attached hydrogen (secondary N) is 3. The van der Waals surface area contributed by atoms with Crippen molar-refractivity contribution in [1.29, 1.82) is 0 Å². The molecule has 0 bridgehead atoms. The Balaban J connectivity index is 5.39. The van der Waals surface area contributed by atoms with E-state index >= 15 is 0 Å². The third kappa shape index (κ3) is 12.3. The largest absolute Gasteiger partial charge is 0.480 e. The maximum Gasteiger partial charge on any atom is 0.328 e. The number of aliphatic imine (C=N–C) groups is 1. The first-order chi connectivity index (χ1) is 15.9. The van der Waals surface area contributed by atoms with Crippen LogP contribution in [0.1, 0.15) is 39.0 Å². The van der Waals surface area contributed by atoms with Gasteiger partial charge in [0, 0.05) is 6.54 Å². The standard InChI is InChI=1S/C19H38N8O7/c1-10(29)14(17(32)26-13(9-28)18(33)34)27-16(31)12(6-4-8-24-19(22)23)25-15(30)11(21)5-2-3-7-20/h10-14,28-29H,2-9,20-21H2,1H3,(H,25,30)(H,26,32)(H,27,31)(H,33,34)(H4,22,23,24). The molecule has 0 saturated heterocycles. The van der Waals surface area contributed by atoms with E-state index in [2.05, 4.69) is 15.6 Å². The number of aliphatic carboxylic acids is 1. The highest BCUT2D eigenvalue weighted by Gasteiger charge is 2.32. The molecule has 5 unspecified atom stereocenters. The summed E-state index contributed by atoms with van der Waals surface area (Å²) in [7, 11) is 0. The predicted molar refractivity (Wildman–Crippen MR) is 123 cm³/mol. The highest BCUT2D eigenvalue weighted by molar-refractivity contribution is 5.94. The maximum absolute atomic E-state index is 12.9. The number of carbonyl (C=O) groups excluding carboxylic acids is 3. The summed E-state index contributed by atoms with van der Waals surface area (Å²) in [6.07, 6.45) is 0.587. The van der Waals surface area contributed by atoms with Crippen LogP contribution in [-0.2, 0) is 19.2 Å². The second kappa shape index (κ2) is 16.6. The Morgan fingerprint density at radius 2 is 1.53 bits per heavy atom. The van der Waals surface area contributed by atoms with Crippen LogP contribution < -0.4 is 38.9 Å². The fourth-order valence-corrected chi connectivity index (χ4v) is 2.80. The molecule has 0 aromatic rings. The molecule has 0 radical (unpaired) electrons. The molecule has 0 fully saturated rings. The number of rotatable bonds is 17. The van der Waals surface area contributed by atoms with Crippen molar-refractivity contribution in [1.82, 2.24) is 16.0 Å². The van der Waals surface area contributed by atoms with Crippen molar-refractivity contribution in [2.75, 3.05) is 19.7 Å². The average Bonchev–Trinajstić information content (AvgIpc) is 2.76. The Morgan fingerprint density at radius 1 is 0.912 bits per heavy atom. The van der Waals surface area contributed by atoms with Crippen LogP contribution in [0, 0.1) is 0 Å². The number of carboxylic acid groups (broad SMARTS) is 1. The number of carbonyl (C=O) groups is 4. The minimum absolute atomic E-state index is 0.0758. The van der Waals surface area contributed by atoms with E-state index < -0.39 is 60.6 Å². The van der Waals surface area contributed by atoms with E-state index in [0.717, 1.165) is 0 Å². The molecule has 15 heteroatoms. The Hall–Kier alpha value is -3.01. The SMILES string of the molecule is CC(O)C(NC(=O)C(CCCN=C(N)N)NC(=O)C(N)CCCCN)C(=O)NC(CO)C(=O)O. The number of carboxylic acids is 1. The van der Waals surface area contributed by atoms with E-state index in [0.29, 0.717) is 25.8 Å². The number of hydrogen-bond donors (Lipinski definition) is 10. The molecule has 0 aliphatic carbocycles. The van der Waals surface area contributed by atoms with Gasteiger partial charge in [-0.1, -0.05) is 6.42 Å². The fourth-order valence-electron chi connectivity index (χ4n) is 2.80. The van der Waals surface area contributed by atoms with Gasteiger partial charge in [0.15, 0.2) is 5.96 Å². The summed E-state index contributed by atoms with van der Waals surface area (Å²) < 4.78 is 0. The summed E-state index contributed by atoms with van der Waals surface area (Å²) in [5.41, 5.74) is 21.9. The minimum Gasteiger partial charge on any atom is -0.480 e. The van der Waals surface area contributed by atoms with Crippen molar-refractivity contribution >= 4 is 29.7 Å². The second-order valence-corrected chi connectivity index (χ2v) is 7.71. The van der Waals surface area contributed by atoms with Gasteiger partial charge in [-0.25, -0.2) is 4.79 Å². The number of guanidine groups is 1. The Morgan fingerprint density at radius 3 is 2.03 bits per heavy atom. The Bertz CT molecular complexity index is 700. The number of aliphatic hydroxyl groups excluding tert-OH is 2. The zero-order valence-corrected chi connectivity index (χ0v) is 19.3. The monoisotopic (exact) mass is 490 g/mol. The van der Waals surface area contributed by atoms with E-state index in [4.69, 9.17) is 33.1 Å². The number of unbranched alkanes of at least 4 members (excludes halogenated alkanes) is 1. The zero-order chi connectivity index (χ0) is 26.3. The smallest absolute Gasteiger partial charge is 0.328 e. The molecule has 3 amide bonds. The van der Waals surface area contributed by atoms with Gasteiger partial charge in [-0.15, -0.1) is 0 Å². The van der Waals surface area contributed by atoms with Crippen LogP contribution in [0.2, 0.25) is 0 Å². The third-order valence-corrected chi connectivity index (χ3v) is 4.74. The topological polar surface area (TPSA) is 282 Å². The number of amides is 3. The van der Waals surface area contributed by atoms with Gasteiger partial charge in [0.1, 0.15) is 18.1 Å². The van der Waals surface area contributed by atoms with Gasteiger partial charge in [-0.05, 0) is 39.2 Å². The fraction of sp³-hybridized carbons (Fsp3) is 0.737. The molecular weight excluding hydrogens is 452 g/mol. The lowest BCUT2D eigenvalue weighted by atomic mass is 10.1. The molecule has 0 heterocycles. The molecule has 34 heavy (non-hydrogen) atoms. The van der Waals surface area contributed by atoms with Gasteiger partial charge in [-0.2, -0.15) is 0 Å². The average molecular weight is 491 g/mol. The zero-order valence-electron chi connectivity index (χ0n) is 19.3. The molecule has 14 N–H and O–H groups in total. The van der Waals surface area contributed by atoms with Crippen molar-refractivity contribution in [2.45, 2.75) is 69.3 Å². The van der Waals surface area contributed by atoms with Gasteiger partial charge in [0.25, 0.3) is 0 Å².